The molecule has 1 unspecified atom stereocenters. The second kappa shape index (κ2) is 7.50. The molecule has 1 heterocycles. The molecular formula is C23H25NO4. The second-order valence-corrected chi connectivity index (χ2v) is 7.70. The maximum atomic E-state index is 12.9. The molecular weight excluding hydrogens is 354 g/mol. The maximum absolute atomic E-state index is 12.9. The van der Waals surface area contributed by atoms with Crippen molar-refractivity contribution in [2.45, 2.75) is 39.7 Å². The molecule has 0 bridgehead atoms. The molecule has 0 saturated heterocycles. The molecule has 5 heteroatoms. The van der Waals surface area contributed by atoms with E-state index in [9.17, 15) is 19.8 Å². The predicted molar refractivity (Wildman–Crippen MR) is 108 cm³/mol. The van der Waals surface area contributed by atoms with Crippen LogP contribution in [0.25, 0.3) is 0 Å². The second-order valence-electron chi connectivity index (χ2n) is 7.70. The van der Waals surface area contributed by atoms with Gasteiger partial charge in [-0.25, -0.2) is 0 Å². The van der Waals surface area contributed by atoms with Gasteiger partial charge in [0.15, 0.2) is 11.5 Å². The highest BCUT2D eigenvalue weighted by Gasteiger charge is 2.44. The summed E-state index contributed by atoms with van der Waals surface area (Å²) in [4.78, 5) is 27.2. The van der Waals surface area contributed by atoms with Crippen molar-refractivity contribution in [1.29, 1.82) is 0 Å². The van der Waals surface area contributed by atoms with Gasteiger partial charge in [-0.05, 0) is 41.3 Å². The minimum absolute atomic E-state index is 0.0304. The van der Waals surface area contributed by atoms with Gasteiger partial charge >= 0.3 is 0 Å². The summed E-state index contributed by atoms with van der Waals surface area (Å²) in [7, 11) is 0. The van der Waals surface area contributed by atoms with Gasteiger partial charge < -0.3 is 10.2 Å². The Morgan fingerprint density at radius 2 is 1.64 bits per heavy atom. The van der Waals surface area contributed by atoms with Crippen molar-refractivity contribution in [1.82, 2.24) is 0 Å². The van der Waals surface area contributed by atoms with Crippen LogP contribution in [0, 0.1) is 5.92 Å². The minimum atomic E-state index is -0.792. The van der Waals surface area contributed by atoms with E-state index in [4.69, 9.17) is 0 Å². The first-order valence-corrected chi connectivity index (χ1v) is 9.42. The Balaban J connectivity index is 2.15. The highest BCUT2D eigenvalue weighted by Crippen LogP contribution is 2.42. The van der Waals surface area contributed by atoms with E-state index in [1.165, 1.54) is 17.0 Å². The van der Waals surface area contributed by atoms with Crippen molar-refractivity contribution in [2.24, 2.45) is 5.92 Å². The van der Waals surface area contributed by atoms with E-state index in [1.54, 1.807) is 26.0 Å². The minimum Gasteiger partial charge on any atom is -0.508 e. The smallest absolute Gasteiger partial charge is 0.294 e. The Morgan fingerprint density at radius 1 is 1.00 bits per heavy atom. The molecule has 5 nitrogen and oxygen atoms in total. The topological polar surface area (TPSA) is 77.8 Å². The van der Waals surface area contributed by atoms with Gasteiger partial charge in [0.1, 0.15) is 5.75 Å². The number of hydrogen-bond donors (Lipinski definition) is 2. The number of anilines is 1. The molecule has 146 valence electrons. The fourth-order valence-electron chi connectivity index (χ4n) is 3.46. The number of aliphatic hydroxyl groups is 1. The number of aromatic hydroxyl groups is 1. The number of nitrogens with zero attached hydrogens (tertiary/aromatic N) is 1. The van der Waals surface area contributed by atoms with Crippen molar-refractivity contribution < 1.29 is 19.8 Å². The maximum Gasteiger partial charge on any atom is 0.294 e. The Bertz CT molecular complexity index is 941. The lowest BCUT2D eigenvalue weighted by atomic mass is 9.91. The van der Waals surface area contributed by atoms with Crippen LogP contribution in [0.2, 0.25) is 0 Å². The van der Waals surface area contributed by atoms with Gasteiger partial charge in [0, 0.05) is 11.6 Å². The van der Waals surface area contributed by atoms with Crippen LogP contribution >= 0.6 is 0 Å². The number of carbonyl (C=O) groups excluding carboxylic acids is 2. The zero-order chi connectivity index (χ0) is 20.6. The van der Waals surface area contributed by atoms with Crippen molar-refractivity contribution >= 4 is 17.4 Å². The van der Waals surface area contributed by atoms with E-state index in [1.807, 2.05) is 24.3 Å². The third-order valence-corrected chi connectivity index (χ3v) is 5.02. The van der Waals surface area contributed by atoms with Crippen LogP contribution in [-0.4, -0.2) is 21.9 Å². The van der Waals surface area contributed by atoms with Crippen molar-refractivity contribution in [3.8, 4) is 5.75 Å². The molecule has 0 aliphatic carbocycles. The molecule has 3 rings (SSSR count). The van der Waals surface area contributed by atoms with Gasteiger partial charge in [-0.2, -0.15) is 0 Å². The molecule has 1 aliphatic heterocycles. The third kappa shape index (κ3) is 3.40. The van der Waals surface area contributed by atoms with Gasteiger partial charge in [-0.1, -0.05) is 52.0 Å². The number of carbonyl (C=O) groups is 2. The average Bonchev–Trinajstić information content (AvgIpc) is 2.92. The molecule has 0 spiro atoms. The highest BCUT2D eigenvalue weighted by atomic mass is 16.3. The average molecular weight is 379 g/mol. The highest BCUT2D eigenvalue weighted by molar-refractivity contribution is 6.16. The fourth-order valence-corrected chi connectivity index (χ4v) is 3.46. The number of ketones is 1. The first-order chi connectivity index (χ1) is 13.2. The summed E-state index contributed by atoms with van der Waals surface area (Å²) < 4.78 is 0. The number of Topliss-reactive ketones (excluding diaryl/α,β-unsaturated/α-hetero) is 1. The molecule has 2 aromatic rings. The van der Waals surface area contributed by atoms with Crippen molar-refractivity contribution in [2.75, 3.05) is 4.90 Å². The van der Waals surface area contributed by atoms with Crippen LogP contribution in [0.3, 0.4) is 0 Å². The van der Waals surface area contributed by atoms with E-state index in [0.717, 1.165) is 5.56 Å². The number of phenols is 1. The molecule has 1 amide bonds. The van der Waals surface area contributed by atoms with Gasteiger partial charge in [-0.15, -0.1) is 0 Å². The molecule has 28 heavy (non-hydrogen) atoms. The number of phenolic OH excluding ortho intramolecular Hbond substituents is 1. The summed E-state index contributed by atoms with van der Waals surface area (Å²) in [5.74, 6) is -1.44. The first-order valence-electron chi connectivity index (χ1n) is 9.42. The van der Waals surface area contributed by atoms with Gasteiger partial charge in [-0.3, -0.25) is 14.5 Å². The molecule has 0 aromatic heterocycles. The molecule has 0 saturated carbocycles. The van der Waals surface area contributed by atoms with E-state index < -0.39 is 17.7 Å². The molecule has 0 fully saturated rings. The largest absolute Gasteiger partial charge is 0.508 e. The lowest BCUT2D eigenvalue weighted by Crippen LogP contribution is -2.31. The molecule has 1 atom stereocenters. The first kappa shape index (κ1) is 19.7. The summed E-state index contributed by atoms with van der Waals surface area (Å²) in [5, 5.41) is 20.5. The van der Waals surface area contributed by atoms with E-state index in [-0.39, 0.29) is 23.0 Å². The summed E-state index contributed by atoms with van der Waals surface area (Å²) in [6.45, 7) is 7.62. The molecule has 0 radical (unpaired) electrons. The lowest BCUT2D eigenvalue weighted by molar-refractivity contribution is -0.119. The molecule has 2 N–H and O–H groups in total. The van der Waals surface area contributed by atoms with Crippen LogP contribution in [0.5, 0.6) is 5.75 Å². The Kier molecular flexibility index (Phi) is 5.27. The van der Waals surface area contributed by atoms with E-state index in [2.05, 4.69) is 13.8 Å². The Labute approximate surface area is 164 Å². The Morgan fingerprint density at radius 3 is 2.18 bits per heavy atom. The standard InChI is InChI=1S/C23H25NO4/c1-13(2)15-8-10-17(11-9-15)24-20(16-6-5-7-18(25)12-16)19(21(26)14(3)4)22(27)23(24)28/h5-14,20,25,27H,1-4H3. The zero-order valence-electron chi connectivity index (χ0n) is 16.5. The van der Waals surface area contributed by atoms with E-state index >= 15 is 0 Å². The number of aliphatic hydroxyl groups excluding tert-OH is 1. The van der Waals surface area contributed by atoms with Crippen LogP contribution in [0.4, 0.5) is 5.69 Å². The lowest BCUT2D eigenvalue weighted by Gasteiger charge is -2.27. The SMILES string of the molecule is CC(C)C(=O)C1=C(O)C(=O)N(c2ccc(C(C)C)cc2)C1c1cccc(O)c1. The summed E-state index contributed by atoms with van der Waals surface area (Å²) >= 11 is 0. The third-order valence-electron chi connectivity index (χ3n) is 5.02. The van der Waals surface area contributed by atoms with Crippen molar-refractivity contribution in [3.63, 3.8) is 0 Å². The van der Waals surface area contributed by atoms with Gasteiger partial charge in [0.2, 0.25) is 0 Å². The number of amides is 1. The van der Waals surface area contributed by atoms with Crippen LogP contribution < -0.4 is 4.90 Å². The van der Waals surface area contributed by atoms with Crippen LogP contribution in [0.1, 0.15) is 50.8 Å². The van der Waals surface area contributed by atoms with Gasteiger partial charge in [0.25, 0.3) is 5.91 Å². The van der Waals surface area contributed by atoms with E-state index in [0.29, 0.717) is 17.2 Å². The van der Waals surface area contributed by atoms with Crippen LogP contribution in [0.15, 0.2) is 59.9 Å². The Hall–Kier alpha value is -3.08. The fraction of sp³-hybridized carbons (Fsp3) is 0.304. The predicted octanol–water partition coefficient (Wildman–Crippen LogP) is 4.64. The van der Waals surface area contributed by atoms with Gasteiger partial charge in [0.05, 0.1) is 11.6 Å². The number of benzene rings is 2. The number of hydrogen-bond acceptors (Lipinski definition) is 4. The quantitative estimate of drug-likeness (QED) is 0.793. The summed E-state index contributed by atoms with van der Waals surface area (Å²) in [5.41, 5.74) is 2.34. The van der Waals surface area contributed by atoms with Crippen LogP contribution in [-0.2, 0) is 9.59 Å². The van der Waals surface area contributed by atoms with Crippen molar-refractivity contribution in [3.05, 3.63) is 71.0 Å². The summed E-state index contributed by atoms with van der Waals surface area (Å²) in [6.07, 6.45) is 0. The molecule has 2 aromatic carbocycles. The molecule has 1 aliphatic rings. The monoisotopic (exact) mass is 379 g/mol. The summed E-state index contributed by atoms with van der Waals surface area (Å²) in [6, 6.07) is 13.1. The zero-order valence-corrected chi connectivity index (χ0v) is 16.5. The normalized spacial score (nSPS) is 17.1. The number of rotatable bonds is 5.